The Bertz CT molecular complexity index is 775. The van der Waals surface area contributed by atoms with Crippen molar-refractivity contribution in [1.82, 2.24) is 10.3 Å². The number of ether oxygens (including phenoxy) is 1. The minimum Gasteiger partial charge on any atom is -0.497 e. The third-order valence-electron chi connectivity index (χ3n) is 3.33. The summed E-state index contributed by atoms with van der Waals surface area (Å²) in [6, 6.07) is 8.10. The third kappa shape index (κ3) is 5.61. The standard InChI is InChI=1S/C18H18ClN3O3/c1-12(18(24)22-16-9-10-20-11-15(16)19)21-17(23)8-5-13-3-6-14(25-2)7-4-13/h3-12H,1-2H3,(H,21,23)(H,20,22,24)/b8-5-/t12-/m0/s1. The first-order chi connectivity index (χ1) is 12.0. The molecule has 0 saturated carbocycles. The molecule has 0 aliphatic heterocycles. The number of halogens is 1. The molecule has 2 aromatic rings. The number of nitrogens with one attached hydrogen (secondary N) is 2. The number of pyridine rings is 1. The minimum absolute atomic E-state index is 0.328. The quantitative estimate of drug-likeness (QED) is 0.777. The maximum atomic E-state index is 12.1. The molecule has 0 bridgehead atoms. The maximum Gasteiger partial charge on any atom is 0.246 e. The molecular formula is C18H18ClN3O3. The molecule has 0 aliphatic rings. The molecule has 0 saturated heterocycles. The van der Waals surface area contributed by atoms with Crippen LogP contribution in [0.2, 0.25) is 5.02 Å². The van der Waals surface area contributed by atoms with Gasteiger partial charge in [0.05, 0.1) is 17.8 Å². The average Bonchev–Trinajstić information content (AvgIpc) is 2.62. The fraction of sp³-hybridized carbons (Fsp3) is 0.167. The molecule has 0 spiro atoms. The zero-order valence-corrected chi connectivity index (χ0v) is 14.6. The van der Waals surface area contributed by atoms with Crippen molar-refractivity contribution >= 4 is 35.2 Å². The van der Waals surface area contributed by atoms with Crippen molar-refractivity contribution in [2.75, 3.05) is 12.4 Å². The first kappa shape index (κ1) is 18.5. The molecule has 0 fully saturated rings. The van der Waals surface area contributed by atoms with E-state index in [1.165, 1.54) is 18.5 Å². The van der Waals surface area contributed by atoms with Gasteiger partial charge in [-0.2, -0.15) is 0 Å². The lowest BCUT2D eigenvalue weighted by atomic mass is 10.2. The molecule has 1 atom stereocenters. The van der Waals surface area contributed by atoms with E-state index in [4.69, 9.17) is 16.3 Å². The minimum atomic E-state index is -0.725. The zero-order chi connectivity index (χ0) is 18.2. The second-order valence-corrected chi connectivity index (χ2v) is 5.59. The van der Waals surface area contributed by atoms with Crippen molar-refractivity contribution in [2.24, 2.45) is 0 Å². The van der Waals surface area contributed by atoms with E-state index in [2.05, 4.69) is 15.6 Å². The molecule has 2 rings (SSSR count). The number of carbonyl (C=O) groups excluding carboxylic acids is 2. The maximum absolute atomic E-state index is 12.1. The Morgan fingerprint density at radius 2 is 1.96 bits per heavy atom. The number of nitrogens with zero attached hydrogens (tertiary/aromatic N) is 1. The highest BCUT2D eigenvalue weighted by atomic mass is 35.5. The van der Waals surface area contributed by atoms with Gasteiger partial charge in [0.15, 0.2) is 0 Å². The largest absolute Gasteiger partial charge is 0.497 e. The summed E-state index contributed by atoms with van der Waals surface area (Å²) in [5, 5.41) is 5.56. The monoisotopic (exact) mass is 359 g/mol. The molecule has 2 amide bonds. The molecule has 1 heterocycles. The highest BCUT2D eigenvalue weighted by molar-refractivity contribution is 6.33. The van der Waals surface area contributed by atoms with Crippen LogP contribution in [0, 0.1) is 0 Å². The molecule has 0 aliphatic carbocycles. The van der Waals surface area contributed by atoms with Crippen molar-refractivity contribution in [3.05, 3.63) is 59.4 Å². The van der Waals surface area contributed by atoms with E-state index >= 15 is 0 Å². The van der Waals surface area contributed by atoms with E-state index in [1.54, 1.807) is 38.3 Å². The van der Waals surface area contributed by atoms with Crippen LogP contribution in [0.4, 0.5) is 5.69 Å². The van der Waals surface area contributed by atoms with Crippen molar-refractivity contribution < 1.29 is 14.3 Å². The van der Waals surface area contributed by atoms with E-state index in [9.17, 15) is 9.59 Å². The molecular weight excluding hydrogens is 342 g/mol. The number of hydrogen-bond donors (Lipinski definition) is 2. The van der Waals surface area contributed by atoms with Gasteiger partial charge in [0.25, 0.3) is 0 Å². The van der Waals surface area contributed by atoms with Crippen molar-refractivity contribution in [3.63, 3.8) is 0 Å². The third-order valence-corrected chi connectivity index (χ3v) is 3.63. The van der Waals surface area contributed by atoms with Crippen LogP contribution in [0.15, 0.2) is 48.8 Å². The topological polar surface area (TPSA) is 80.3 Å². The molecule has 7 heteroatoms. The van der Waals surface area contributed by atoms with Gasteiger partial charge in [-0.3, -0.25) is 14.6 Å². The van der Waals surface area contributed by atoms with Crippen LogP contribution in [-0.2, 0) is 9.59 Å². The van der Waals surface area contributed by atoms with Crippen LogP contribution in [-0.4, -0.2) is 29.9 Å². The summed E-state index contributed by atoms with van der Waals surface area (Å²) >= 11 is 5.93. The summed E-state index contributed by atoms with van der Waals surface area (Å²) in [5.74, 6) is -0.0136. The van der Waals surface area contributed by atoms with E-state index in [-0.39, 0.29) is 11.8 Å². The van der Waals surface area contributed by atoms with Gasteiger partial charge in [-0.15, -0.1) is 0 Å². The summed E-state index contributed by atoms with van der Waals surface area (Å²) in [5.41, 5.74) is 1.29. The number of methoxy groups -OCH3 is 1. The fourth-order valence-electron chi connectivity index (χ4n) is 1.93. The second-order valence-electron chi connectivity index (χ2n) is 5.18. The molecule has 0 unspecified atom stereocenters. The van der Waals surface area contributed by atoms with Gasteiger partial charge in [0.1, 0.15) is 11.8 Å². The lowest BCUT2D eigenvalue weighted by Crippen LogP contribution is -2.40. The fourth-order valence-corrected chi connectivity index (χ4v) is 2.10. The molecule has 0 radical (unpaired) electrons. The summed E-state index contributed by atoms with van der Waals surface area (Å²) in [7, 11) is 1.59. The molecule has 6 nitrogen and oxygen atoms in total. The van der Waals surface area contributed by atoms with Gasteiger partial charge in [0, 0.05) is 18.5 Å². The van der Waals surface area contributed by atoms with Crippen LogP contribution in [0.5, 0.6) is 5.75 Å². The van der Waals surface area contributed by atoms with Gasteiger partial charge < -0.3 is 15.4 Å². The molecule has 25 heavy (non-hydrogen) atoms. The highest BCUT2D eigenvalue weighted by Gasteiger charge is 2.15. The first-order valence-corrected chi connectivity index (χ1v) is 7.90. The predicted molar refractivity (Wildman–Crippen MR) is 97.5 cm³/mol. The summed E-state index contributed by atoms with van der Waals surface area (Å²) in [6.07, 6.45) is 5.96. The number of carbonyl (C=O) groups is 2. The number of hydrogen-bond acceptors (Lipinski definition) is 4. The Morgan fingerprint density at radius 1 is 1.24 bits per heavy atom. The molecule has 130 valence electrons. The normalized spacial score (nSPS) is 11.8. The van der Waals surface area contributed by atoms with Crippen LogP contribution < -0.4 is 15.4 Å². The van der Waals surface area contributed by atoms with Gasteiger partial charge in [-0.05, 0) is 36.8 Å². The van der Waals surface area contributed by atoms with E-state index in [1.807, 2.05) is 12.1 Å². The van der Waals surface area contributed by atoms with Gasteiger partial charge in [0.2, 0.25) is 11.8 Å². The Hall–Kier alpha value is -2.86. The predicted octanol–water partition coefficient (Wildman–Crippen LogP) is 2.90. The van der Waals surface area contributed by atoms with E-state index in [0.717, 1.165) is 11.3 Å². The van der Waals surface area contributed by atoms with Crippen LogP contribution in [0.25, 0.3) is 6.08 Å². The van der Waals surface area contributed by atoms with Crippen LogP contribution in [0.3, 0.4) is 0 Å². The Morgan fingerprint density at radius 3 is 2.60 bits per heavy atom. The Labute approximate surface area is 150 Å². The van der Waals surface area contributed by atoms with Gasteiger partial charge in [-0.1, -0.05) is 23.7 Å². The summed E-state index contributed by atoms with van der Waals surface area (Å²) in [4.78, 5) is 27.9. The summed E-state index contributed by atoms with van der Waals surface area (Å²) < 4.78 is 5.07. The lowest BCUT2D eigenvalue weighted by Gasteiger charge is -2.13. The number of aromatic nitrogens is 1. The second kappa shape index (κ2) is 8.84. The van der Waals surface area contributed by atoms with E-state index in [0.29, 0.717) is 10.7 Å². The van der Waals surface area contributed by atoms with Crippen molar-refractivity contribution in [3.8, 4) is 5.75 Å². The Balaban J connectivity index is 1.89. The van der Waals surface area contributed by atoms with Crippen LogP contribution >= 0.6 is 11.6 Å². The smallest absolute Gasteiger partial charge is 0.246 e. The molecule has 1 aromatic heterocycles. The highest BCUT2D eigenvalue weighted by Crippen LogP contribution is 2.19. The van der Waals surface area contributed by atoms with Gasteiger partial charge >= 0.3 is 0 Å². The number of amides is 2. The molecule has 1 aromatic carbocycles. The Kier molecular flexibility index (Phi) is 6.54. The van der Waals surface area contributed by atoms with E-state index < -0.39 is 6.04 Å². The summed E-state index contributed by atoms with van der Waals surface area (Å²) in [6.45, 7) is 1.59. The first-order valence-electron chi connectivity index (χ1n) is 7.52. The van der Waals surface area contributed by atoms with Crippen molar-refractivity contribution in [2.45, 2.75) is 13.0 Å². The lowest BCUT2D eigenvalue weighted by molar-refractivity contribution is -0.123. The SMILES string of the molecule is COc1ccc(/C=C\C(=O)N[C@@H](C)C(=O)Nc2ccncc2Cl)cc1. The molecule has 2 N–H and O–H groups in total. The zero-order valence-electron chi connectivity index (χ0n) is 13.8. The average molecular weight is 360 g/mol. The van der Waals surface area contributed by atoms with Gasteiger partial charge in [-0.25, -0.2) is 0 Å². The van der Waals surface area contributed by atoms with Crippen molar-refractivity contribution in [1.29, 1.82) is 0 Å². The van der Waals surface area contributed by atoms with Crippen LogP contribution in [0.1, 0.15) is 12.5 Å². The number of rotatable bonds is 6. The number of benzene rings is 1. The number of anilines is 1.